The third kappa shape index (κ3) is 4.21. The highest BCUT2D eigenvalue weighted by atomic mass is 32.1. The van der Waals surface area contributed by atoms with Crippen molar-refractivity contribution in [1.82, 2.24) is 4.98 Å². The summed E-state index contributed by atoms with van der Waals surface area (Å²) in [5, 5.41) is 4.23. The highest BCUT2D eigenvalue weighted by Crippen LogP contribution is 2.29. The minimum Gasteiger partial charge on any atom is -0.497 e. The van der Waals surface area contributed by atoms with Gasteiger partial charge >= 0.3 is 5.97 Å². The van der Waals surface area contributed by atoms with Crippen molar-refractivity contribution >= 4 is 38.7 Å². The number of fused-ring (bicyclic) bond motifs is 1. The smallest absolute Gasteiger partial charge is 0.337 e. The standard InChI is InChI=1S/C20H20N2O3S/c1-13(10-14-4-6-15(7-5-14)19(23)25-3)12-21-20-22-17-9-8-16(24-2)11-18(17)26-20/h4-11H,12H2,1-3H3,(H,21,22). The van der Waals surface area contributed by atoms with Gasteiger partial charge in [-0.2, -0.15) is 0 Å². The van der Waals surface area contributed by atoms with Gasteiger partial charge in [-0.1, -0.05) is 35.1 Å². The van der Waals surface area contributed by atoms with Crippen LogP contribution in [0.25, 0.3) is 16.3 Å². The molecular formula is C20H20N2O3S. The number of rotatable bonds is 6. The first kappa shape index (κ1) is 17.9. The number of carbonyl (C=O) groups is 1. The van der Waals surface area contributed by atoms with Gasteiger partial charge in [0.1, 0.15) is 5.75 Å². The second-order valence-corrected chi connectivity index (χ2v) is 6.84. The van der Waals surface area contributed by atoms with E-state index in [-0.39, 0.29) is 5.97 Å². The first-order chi connectivity index (χ1) is 12.6. The van der Waals surface area contributed by atoms with Gasteiger partial charge in [0.2, 0.25) is 0 Å². The summed E-state index contributed by atoms with van der Waals surface area (Å²) in [4.78, 5) is 16.0. The zero-order chi connectivity index (χ0) is 18.5. The molecule has 3 rings (SSSR count). The average Bonchev–Trinajstić information content (AvgIpc) is 3.08. The topological polar surface area (TPSA) is 60.5 Å². The third-order valence-corrected chi connectivity index (χ3v) is 4.83. The van der Waals surface area contributed by atoms with Crippen molar-refractivity contribution in [2.24, 2.45) is 0 Å². The van der Waals surface area contributed by atoms with Crippen LogP contribution in [0.3, 0.4) is 0 Å². The highest BCUT2D eigenvalue weighted by molar-refractivity contribution is 7.22. The summed E-state index contributed by atoms with van der Waals surface area (Å²) in [7, 11) is 3.04. The summed E-state index contributed by atoms with van der Waals surface area (Å²) in [6.07, 6.45) is 2.07. The van der Waals surface area contributed by atoms with Crippen LogP contribution in [0.5, 0.6) is 5.75 Å². The molecule has 26 heavy (non-hydrogen) atoms. The molecule has 2 aromatic carbocycles. The van der Waals surface area contributed by atoms with Crippen molar-refractivity contribution in [2.75, 3.05) is 26.1 Å². The van der Waals surface area contributed by atoms with Crippen LogP contribution in [-0.2, 0) is 4.74 Å². The molecule has 0 aliphatic heterocycles. The first-order valence-electron chi connectivity index (χ1n) is 8.13. The normalized spacial score (nSPS) is 11.4. The molecule has 5 nitrogen and oxygen atoms in total. The van der Waals surface area contributed by atoms with E-state index >= 15 is 0 Å². The largest absolute Gasteiger partial charge is 0.497 e. The molecule has 0 aliphatic rings. The summed E-state index contributed by atoms with van der Waals surface area (Å²) in [6, 6.07) is 13.2. The number of anilines is 1. The molecule has 0 saturated heterocycles. The lowest BCUT2D eigenvalue weighted by Crippen LogP contribution is -2.02. The predicted octanol–water partition coefficient (Wildman–Crippen LogP) is 4.61. The quantitative estimate of drug-likeness (QED) is 0.644. The van der Waals surface area contributed by atoms with E-state index in [4.69, 9.17) is 9.47 Å². The minimum atomic E-state index is -0.327. The average molecular weight is 368 g/mol. The highest BCUT2D eigenvalue weighted by Gasteiger charge is 2.06. The van der Waals surface area contributed by atoms with Crippen molar-refractivity contribution in [2.45, 2.75) is 6.92 Å². The van der Waals surface area contributed by atoms with E-state index in [1.54, 1.807) is 30.6 Å². The molecule has 1 N–H and O–H groups in total. The lowest BCUT2D eigenvalue weighted by molar-refractivity contribution is 0.0600. The number of aromatic nitrogens is 1. The zero-order valence-electron chi connectivity index (χ0n) is 14.9. The van der Waals surface area contributed by atoms with E-state index in [0.717, 1.165) is 32.2 Å². The molecule has 0 fully saturated rings. The second kappa shape index (κ2) is 8.01. The molecule has 0 atom stereocenters. The number of nitrogens with zero attached hydrogens (tertiary/aromatic N) is 1. The van der Waals surface area contributed by atoms with Crippen LogP contribution in [0.1, 0.15) is 22.8 Å². The number of methoxy groups -OCH3 is 2. The summed E-state index contributed by atoms with van der Waals surface area (Å²) < 4.78 is 11.0. The fourth-order valence-electron chi connectivity index (χ4n) is 2.49. The third-order valence-electron chi connectivity index (χ3n) is 3.86. The Morgan fingerprint density at radius 2 is 1.96 bits per heavy atom. The Balaban J connectivity index is 1.65. The van der Waals surface area contributed by atoms with E-state index < -0.39 is 0 Å². The Hall–Kier alpha value is -2.86. The van der Waals surface area contributed by atoms with Gasteiger partial charge in [-0.25, -0.2) is 9.78 Å². The van der Waals surface area contributed by atoms with Crippen LogP contribution in [0, 0.1) is 0 Å². The maximum Gasteiger partial charge on any atom is 0.337 e. The number of nitrogens with one attached hydrogen (secondary N) is 1. The summed E-state index contributed by atoms with van der Waals surface area (Å²) >= 11 is 1.60. The van der Waals surface area contributed by atoms with Crippen molar-refractivity contribution in [3.05, 3.63) is 59.2 Å². The Kier molecular flexibility index (Phi) is 5.53. The van der Waals surface area contributed by atoms with Crippen molar-refractivity contribution in [1.29, 1.82) is 0 Å². The van der Waals surface area contributed by atoms with Gasteiger partial charge in [0, 0.05) is 6.54 Å². The number of hydrogen-bond donors (Lipinski definition) is 1. The van der Waals surface area contributed by atoms with Crippen LogP contribution in [-0.4, -0.2) is 31.7 Å². The minimum absolute atomic E-state index is 0.327. The van der Waals surface area contributed by atoms with Crippen LogP contribution < -0.4 is 10.1 Å². The number of ether oxygens (including phenoxy) is 2. The van der Waals surface area contributed by atoms with Crippen LogP contribution in [0.2, 0.25) is 0 Å². The SMILES string of the molecule is COC(=O)c1ccc(C=C(C)CNc2nc3ccc(OC)cc3s2)cc1. The number of hydrogen-bond acceptors (Lipinski definition) is 6. The predicted molar refractivity (Wildman–Crippen MR) is 106 cm³/mol. The molecule has 3 aromatic rings. The van der Waals surface area contributed by atoms with Crippen LogP contribution >= 0.6 is 11.3 Å². The molecule has 0 radical (unpaired) electrons. The lowest BCUT2D eigenvalue weighted by Gasteiger charge is -2.04. The maximum absolute atomic E-state index is 11.5. The molecule has 134 valence electrons. The Bertz CT molecular complexity index is 945. The van der Waals surface area contributed by atoms with E-state index in [0.29, 0.717) is 12.1 Å². The van der Waals surface area contributed by atoms with Gasteiger partial charge < -0.3 is 14.8 Å². The summed E-state index contributed by atoms with van der Waals surface area (Å²) in [6.45, 7) is 2.74. The van der Waals surface area contributed by atoms with Gasteiger partial charge in [0.25, 0.3) is 0 Å². The fourth-order valence-corrected chi connectivity index (χ4v) is 3.38. The van der Waals surface area contributed by atoms with Crippen molar-refractivity contribution in [3.8, 4) is 5.75 Å². The van der Waals surface area contributed by atoms with E-state index in [1.165, 1.54) is 7.11 Å². The molecule has 1 heterocycles. The second-order valence-electron chi connectivity index (χ2n) is 5.81. The van der Waals surface area contributed by atoms with E-state index in [1.807, 2.05) is 30.3 Å². The summed E-state index contributed by atoms with van der Waals surface area (Å²) in [5.41, 5.74) is 3.70. The Morgan fingerprint density at radius 3 is 2.65 bits per heavy atom. The van der Waals surface area contributed by atoms with E-state index in [2.05, 4.69) is 23.3 Å². The Labute approximate surface area is 156 Å². The van der Waals surface area contributed by atoms with Crippen LogP contribution in [0.4, 0.5) is 5.13 Å². The number of carbonyl (C=O) groups excluding carboxylic acids is 1. The maximum atomic E-state index is 11.5. The van der Waals surface area contributed by atoms with Gasteiger partial charge in [0.15, 0.2) is 5.13 Å². The summed E-state index contributed by atoms with van der Waals surface area (Å²) in [5.74, 6) is 0.505. The molecule has 0 aliphatic carbocycles. The molecule has 0 unspecified atom stereocenters. The van der Waals surface area contributed by atoms with Crippen LogP contribution in [0.15, 0.2) is 48.0 Å². The van der Waals surface area contributed by atoms with Crippen molar-refractivity contribution in [3.63, 3.8) is 0 Å². The zero-order valence-corrected chi connectivity index (χ0v) is 15.7. The lowest BCUT2D eigenvalue weighted by atomic mass is 10.1. The van der Waals surface area contributed by atoms with Gasteiger partial charge in [-0.05, 0) is 42.8 Å². The van der Waals surface area contributed by atoms with Gasteiger partial charge in [0.05, 0.1) is 30.0 Å². The number of esters is 1. The molecule has 0 amide bonds. The van der Waals surface area contributed by atoms with Gasteiger partial charge in [-0.3, -0.25) is 0 Å². The molecule has 6 heteroatoms. The molecule has 0 bridgehead atoms. The molecular weight excluding hydrogens is 348 g/mol. The Morgan fingerprint density at radius 1 is 1.19 bits per heavy atom. The monoisotopic (exact) mass is 368 g/mol. The molecule has 0 saturated carbocycles. The molecule has 1 aromatic heterocycles. The van der Waals surface area contributed by atoms with Crippen molar-refractivity contribution < 1.29 is 14.3 Å². The van der Waals surface area contributed by atoms with Gasteiger partial charge in [-0.15, -0.1) is 0 Å². The number of benzene rings is 2. The number of thiazole rings is 1. The van der Waals surface area contributed by atoms with E-state index in [9.17, 15) is 4.79 Å². The fraction of sp³-hybridized carbons (Fsp3) is 0.200. The molecule has 0 spiro atoms. The first-order valence-corrected chi connectivity index (χ1v) is 8.94.